The van der Waals surface area contributed by atoms with Crippen LogP contribution in [0.25, 0.3) is 10.9 Å². The standard InChI is InChI=1S/C22H30N2O2/c1-4-8-17-13-20(22(25)26-5-2)16(3)24(15-17)12-11-18-14-23-21-10-7-6-9-19(18)21/h4,6-10,14,16-17,20,23H,5,11-13,15H2,1-3H3/b8-4-. The minimum Gasteiger partial charge on any atom is -0.466 e. The van der Waals surface area contributed by atoms with Gasteiger partial charge < -0.3 is 9.72 Å². The lowest BCUT2D eigenvalue weighted by molar-refractivity contribution is -0.152. The summed E-state index contributed by atoms with van der Waals surface area (Å²) in [6.07, 6.45) is 8.31. The molecule has 0 amide bonds. The van der Waals surface area contributed by atoms with E-state index in [0.717, 1.165) is 25.9 Å². The molecular formula is C22H30N2O2. The number of carbonyl (C=O) groups is 1. The van der Waals surface area contributed by atoms with Crippen LogP contribution in [0.3, 0.4) is 0 Å². The Hall–Kier alpha value is -2.07. The number of likely N-dealkylation sites (tertiary alicyclic amines) is 1. The molecule has 1 aromatic carbocycles. The fourth-order valence-corrected chi connectivity index (χ4v) is 4.17. The molecule has 4 nitrogen and oxygen atoms in total. The maximum atomic E-state index is 12.4. The number of carbonyl (C=O) groups excluding carboxylic acids is 1. The molecule has 140 valence electrons. The van der Waals surface area contributed by atoms with Gasteiger partial charge in [0.2, 0.25) is 0 Å². The highest BCUT2D eigenvalue weighted by molar-refractivity contribution is 5.83. The summed E-state index contributed by atoms with van der Waals surface area (Å²) in [7, 11) is 0. The molecule has 0 saturated carbocycles. The number of aromatic nitrogens is 1. The lowest BCUT2D eigenvalue weighted by Crippen LogP contribution is -2.50. The first-order valence-corrected chi connectivity index (χ1v) is 9.72. The van der Waals surface area contributed by atoms with Gasteiger partial charge in [-0.3, -0.25) is 9.69 Å². The number of benzene rings is 1. The van der Waals surface area contributed by atoms with Crippen molar-refractivity contribution in [2.45, 2.75) is 39.7 Å². The molecule has 0 radical (unpaired) electrons. The minimum absolute atomic E-state index is 0.0483. The van der Waals surface area contributed by atoms with E-state index in [1.807, 2.05) is 13.8 Å². The second kappa shape index (κ2) is 8.54. The van der Waals surface area contributed by atoms with Crippen LogP contribution in [-0.2, 0) is 16.0 Å². The number of ether oxygens (including phenoxy) is 1. The van der Waals surface area contributed by atoms with Crippen molar-refractivity contribution in [1.82, 2.24) is 9.88 Å². The Kier molecular flexibility index (Phi) is 6.15. The maximum Gasteiger partial charge on any atom is 0.310 e. The van der Waals surface area contributed by atoms with E-state index >= 15 is 0 Å². The van der Waals surface area contributed by atoms with Crippen molar-refractivity contribution < 1.29 is 9.53 Å². The quantitative estimate of drug-likeness (QED) is 0.625. The average Bonchev–Trinajstić information content (AvgIpc) is 3.05. The van der Waals surface area contributed by atoms with E-state index in [2.05, 4.69) is 59.4 Å². The fraction of sp³-hybridized carbons (Fsp3) is 0.500. The Morgan fingerprint density at radius 2 is 2.19 bits per heavy atom. The summed E-state index contributed by atoms with van der Waals surface area (Å²) in [5.41, 5.74) is 2.53. The monoisotopic (exact) mass is 354 g/mol. The number of para-hydroxylation sites is 1. The van der Waals surface area contributed by atoms with Gasteiger partial charge in [0, 0.05) is 36.2 Å². The lowest BCUT2D eigenvalue weighted by Gasteiger charge is -2.41. The molecular weight excluding hydrogens is 324 g/mol. The summed E-state index contributed by atoms with van der Waals surface area (Å²) in [6.45, 7) is 8.50. The maximum absolute atomic E-state index is 12.4. The predicted octanol–water partition coefficient (Wildman–Crippen LogP) is 4.18. The van der Waals surface area contributed by atoms with Crippen LogP contribution in [0.4, 0.5) is 0 Å². The molecule has 0 spiro atoms. The normalized spacial score (nSPS) is 24.3. The molecule has 1 fully saturated rings. The van der Waals surface area contributed by atoms with Gasteiger partial charge in [-0.05, 0) is 51.2 Å². The summed E-state index contributed by atoms with van der Waals surface area (Å²) in [6, 6.07) is 8.63. The molecule has 1 saturated heterocycles. The zero-order valence-electron chi connectivity index (χ0n) is 16.1. The molecule has 3 atom stereocenters. The highest BCUT2D eigenvalue weighted by Gasteiger charge is 2.37. The smallest absolute Gasteiger partial charge is 0.310 e. The van der Waals surface area contributed by atoms with E-state index < -0.39 is 0 Å². The molecule has 2 aromatic rings. The van der Waals surface area contributed by atoms with Crippen LogP contribution in [0, 0.1) is 11.8 Å². The Morgan fingerprint density at radius 1 is 1.38 bits per heavy atom. The number of nitrogens with one attached hydrogen (secondary N) is 1. The SMILES string of the molecule is C/C=C\C1CC(C(=O)OCC)C(C)N(CCc2c[nH]c3ccccc23)C1. The Balaban J connectivity index is 1.72. The lowest BCUT2D eigenvalue weighted by atomic mass is 9.83. The fourth-order valence-electron chi connectivity index (χ4n) is 4.17. The number of fused-ring (bicyclic) bond motifs is 1. The molecule has 3 unspecified atom stereocenters. The Morgan fingerprint density at radius 3 is 2.96 bits per heavy atom. The highest BCUT2D eigenvalue weighted by atomic mass is 16.5. The number of hydrogen-bond donors (Lipinski definition) is 1. The summed E-state index contributed by atoms with van der Waals surface area (Å²) in [5.74, 6) is 0.313. The first kappa shape index (κ1) is 18.7. The van der Waals surface area contributed by atoms with Gasteiger partial charge in [0.1, 0.15) is 0 Å². The van der Waals surface area contributed by atoms with Gasteiger partial charge >= 0.3 is 5.97 Å². The minimum atomic E-state index is -0.0497. The zero-order valence-corrected chi connectivity index (χ0v) is 16.1. The third kappa shape index (κ3) is 4.01. The van der Waals surface area contributed by atoms with E-state index in [-0.39, 0.29) is 17.9 Å². The van der Waals surface area contributed by atoms with E-state index in [0.29, 0.717) is 12.5 Å². The summed E-state index contributed by atoms with van der Waals surface area (Å²) >= 11 is 0. The number of aromatic amines is 1. The van der Waals surface area contributed by atoms with Gasteiger partial charge in [-0.25, -0.2) is 0 Å². The molecule has 0 bridgehead atoms. The van der Waals surface area contributed by atoms with Crippen LogP contribution < -0.4 is 0 Å². The van der Waals surface area contributed by atoms with Crippen LogP contribution in [0.15, 0.2) is 42.6 Å². The second-order valence-corrected chi connectivity index (χ2v) is 7.23. The van der Waals surface area contributed by atoms with E-state index in [9.17, 15) is 4.79 Å². The van der Waals surface area contributed by atoms with Crippen molar-refractivity contribution in [3.8, 4) is 0 Å². The molecule has 3 rings (SSSR count). The van der Waals surface area contributed by atoms with Gasteiger partial charge in [0.05, 0.1) is 12.5 Å². The van der Waals surface area contributed by atoms with Crippen molar-refractivity contribution >= 4 is 16.9 Å². The van der Waals surface area contributed by atoms with E-state index in [1.54, 1.807) is 0 Å². The van der Waals surface area contributed by atoms with Crippen molar-refractivity contribution in [2.24, 2.45) is 11.8 Å². The average molecular weight is 354 g/mol. The molecule has 1 aliphatic rings. The number of hydrogen-bond acceptors (Lipinski definition) is 3. The summed E-state index contributed by atoms with van der Waals surface area (Å²) in [5, 5.41) is 1.30. The number of allylic oxidation sites excluding steroid dienone is 1. The Labute approximate surface area is 156 Å². The molecule has 26 heavy (non-hydrogen) atoms. The van der Waals surface area contributed by atoms with Gasteiger partial charge in [-0.15, -0.1) is 0 Å². The third-order valence-electron chi connectivity index (χ3n) is 5.58. The molecule has 1 aromatic heterocycles. The van der Waals surface area contributed by atoms with Crippen molar-refractivity contribution in [1.29, 1.82) is 0 Å². The van der Waals surface area contributed by atoms with Crippen LogP contribution in [0.1, 0.15) is 32.8 Å². The van der Waals surface area contributed by atoms with E-state index in [4.69, 9.17) is 4.74 Å². The highest BCUT2D eigenvalue weighted by Crippen LogP contribution is 2.30. The van der Waals surface area contributed by atoms with Crippen molar-refractivity contribution in [3.05, 3.63) is 48.2 Å². The predicted molar refractivity (Wildman–Crippen MR) is 106 cm³/mol. The molecule has 1 N–H and O–H groups in total. The summed E-state index contributed by atoms with van der Waals surface area (Å²) < 4.78 is 5.34. The van der Waals surface area contributed by atoms with Gasteiger partial charge in [0.25, 0.3) is 0 Å². The molecule has 0 aliphatic carbocycles. The van der Waals surface area contributed by atoms with Crippen molar-refractivity contribution in [2.75, 3.05) is 19.7 Å². The van der Waals surface area contributed by atoms with Crippen LogP contribution in [-0.4, -0.2) is 41.6 Å². The number of nitrogens with zero attached hydrogens (tertiary/aromatic N) is 1. The molecule has 4 heteroatoms. The first-order valence-electron chi connectivity index (χ1n) is 9.72. The van der Waals surface area contributed by atoms with Gasteiger partial charge in [-0.1, -0.05) is 30.4 Å². The molecule has 2 heterocycles. The number of esters is 1. The second-order valence-electron chi connectivity index (χ2n) is 7.23. The van der Waals surface area contributed by atoms with Crippen LogP contribution in [0.5, 0.6) is 0 Å². The largest absolute Gasteiger partial charge is 0.466 e. The Bertz CT molecular complexity index is 764. The van der Waals surface area contributed by atoms with Gasteiger partial charge in [-0.2, -0.15) is 0 Å². The summed E-state index contributed by atoms with van der Waals surface area (Å²) in [4.78, 5) is 18.2. The first-order chi connectivity index (χ1) is 12.6. The van der Waals surface area contributed by atoms with Crippen LogP contribution >= 0.6 is 0 Å². The number of H-pyrrole nitrogens is 1. The number of rotatable bonds is 6. The van der Waals surface area contributed by atoms with Gasteiger partial charge in [0.15, 0.2) is 0 Å². The van der Waals surface area contributed by atoms with E-state index in [1.165, 1.54) is 16.5 Å². The topological polar surface area (TPSA) is 45.3 Å². The van der Waals surface area contributed by atoms with Crippen LogP contribution in [0.2, 0.25) is 0 Å². The van der Waals surface area contributed by atoms with Crippen molar-refractivity contribution in [3.63, 3.8) is 0 Å². The zero-order chi connectivity index (χ0) is 18.5. The third-order valence-corrected chi connectivity index (χ3v) is 5.58. The number of piperidine rings is 1. The molecule has 1 aliphatic heterocycles.